The Balaban J connectivity index is 2.50. The molecule has 0 radical (unpaired) electrons. The molecule has 0 fully saturated rings. The van der Waals surface area contributed by atoms with Crippen molar-refractivity contribution in [2.75, 3.05) is 52.9 Å². The summed E-state index contributed by atoms with van der Waals surface area (Å²) in [6.07, 6.45) is 0. The standard InChI is InChI=1S/C31H36O8/c1-5-36-19-21-38-17-9-13-23-25(29(32)33)11-7-15-27(23)31(3,4)28-16-8-12-26(30(34)35)24(28)14-10-18-39-22-20-37-6-2/h7-8,11-12,15-16H,5-6,17-22H2,1-4H3,(H,32,33)(H,34,35). The van der Waals surface area contributed by atoms with E-state index in [2.05, 4.69) is 23.7 Å². The second-order valence-corrected chi connectivity index (χ2v) is 8.79. The first-order valence-corrected chi connectivity index (χ1v) is 12.8. The Morgan fingerprint density at radius 3 is 1.44 bits per heavy atom. The van der Waals surface area contributed by atoms with Crippen molar-refractivity contribution < 1.29 is 38.7 Å². The second kappa shape index (κ2) is 16.3. The van der Waals surface area contributed by atoms with E-state index in [1.165, 1.54) is 12.1 Å². The third-order valence-electron chi connectivity index (χ3n) is 5.86. The minimum absolute atomic E-state index is 0.0483. The Hall–Kier alpha value is -3.66. The van der Waals surface area contributed by atoms with Gasteiger partial charge in [0.15, 0.2) is 0 Å². The maximum atomic E-state index is 12.1. The molecule has 0 aliphatic carbocycles. The first-order chi connectivity index (χ1) is 18.8. The van der Waals surface area contributed by atoms with Crippen LogP contribution < -0.4 is 0 Å². The molecule has 2 N–H and O–H groups in total. The average Bonchev–Trinajstić information content (AvgIpc) is 2.91. The highest BCUT2D eigenvalue weighted by molar-refractivity contribution is 5.93. The molecule has 2 rings (SSSR count). The monoisotopic (exact) mass is 536 g/mol. The molecule has 0 saturated heterocycles. The van der Waals surface area contributed by atoms with Gasteiger partial charge in [-0.25, -0.2) is 9.59 Å². The maximum absolute atomic E-state index is 12.1. The van der Waals surface area contributed by atoms with Gasteiger partial charge in [-0.05, 0) is 37.1 Å². The van der Waals surface area contributed by atoms with Gasteiger partial charge in [-0.2, -0.15) is 0 Å². The highest BCUT2D eigenvalue weighted by Gasteiger charge is 2.31. The molecular weight excluding hydrogens is 500 g/mol. The zero-order chi connectivity index (χ0) is 28.7. The Bertz CT molecular complexity index is 1150. The number of benzene rings is 2. The van der Waals surface area contributed by atoms with Crippen LogP contribution in [0.1, 0.15) is 70.7 Å². The fourth-order valence-corrected chi connectivity index (χ4v) is 3.94. The van der Waals surface area contributed by atoms with Gasteiger partial charge in [0.25, 0.3) is 0 Å². The summed E-state index contributed by atoms with van der Waals surface area (Å²) in [5, 5.41) is 19.8. The van der Waals surface area contributed by atoms with Crippen molar-refractivity contribution in [3.63, 3.8) is 0 Å². The fraction of sp³-hybridized carbons (Fsp3) is 0.419. The lowest BCUT2D eigenvalue weighted by atomic mass is 9.73. The van der Waals surface area contributed by atoms with Gasteiger partial charge < -0.3 is 29.2 Å². The van der Waals surface area contributed by atoms with Gasteiger partial charge in [0.2, 0.25) is 0 Å². The summed E-state index contributed by atoms with van der Waals surface area (Å²) in [6, 6.07) is 9.90. The molecule has 8 nitrogen and oxygen atoms in total. The number of aromatic carboxylic acids is 2. The predicted octanol–water partition coefficient (Wildman–Crippen LogP) is 4.22. The van der Waals surface area contributed by atoms with Gasteiger partial charge in [-0.1, -0.05) is 61.8 Å². The van der Waals surface area contributed by atoms with Crippen molar-refractivity contribution in [1.29, 1.82) is 0 Å². The van der Waals surface area contributed by atoms with E-state index in [1.54, 1.807) is 24.3 Å². The molecule has 0 heterocycles. The van der Waals surface area contributed by atoms with E-state index in [-0.39, 0.29) is 24.3 Å². The summed E-state index contributed by atoms with van der Waals surface area (Å²) in [5.74, 6) is 9.55. The van der Waals surface area contributed by atoms with Crippen LogP contribution in [0.25, 0.3) is 0 Å². The number of rotatable bonds is 14. The number of carboxylic acids is 2. The van der Waals surface area contributed by atoms with Gasteiger partial charge in [0.1, 0.15) is 13.2 Å². The number of carbonyl (C=O) groups is 2. The van der Waals surface area contributed by atoms with E-state index in [9.17, 15) is 19.8 Å². The molecule has 208 valence electrons. The van der Waals surface area contributed by atoms with E-state index < -0.39 is 17.4 Å². The molecule has 2 aromatic rings. The van der Waals surface area contributed by atoms with Gasteiger partial charge in [-0.3, -0.25) is 0 Å². The molecule has 2 aromatic carbocycles. The number of carboxylic acid groups (broad SMARTS) is 2. The minimum Gasteiger partial charge on any atom is -0.478 e. The highest BCUT2D eigenvalue weighted by Crippen LogP contribution is 2.37. The Morgan fingerprint density at radius 2 is 1.08 bits per heavy atom. The summed E-state index contributed by atoms with van der Waals surface area (Å²) in [5.41, 5.74) is 1.17. The van der Waals surface area contributed by atoms with Gasteiger partial charge in [0.05, 0.1) is 37.6 Å². The molecule has 0 aliphatic heterocycles. The molecule has 0 amide bonds. The third-order valence-corrected chi connectivity index (χ3v) is 5.86. The van der Waals surface area contributed by atoms with Gasteiger partial charge in [0, 0.05) is 29.8 Å². The largest absolute Gasteiger partial charge is 0.478 e. The SMILES string of the molecule is CCOCCOCC#Cc1c(C(=O)O)cccc1C(C)(C)c1cccc(C(=O)O)c1C#CCOCCOCC. The predicted molar refractivity (Wildman–Crippen MR) is 147 cm³/mol. The normalized spacial score (nSPS) is 10.8. The maximum Gasteiger partial charge on any atom is 0.336 e. The van der Waals surface area contributed by atoms with Crippen LogP contribution >= 0.6 is 0 Å². The van der Waals surface area contributed by atoms with Crippen LogP contribution in [-0.4, -0.2) is 75.0 Å². The Morgan fingerprint density at radius 1 is 0.692 bits per heavy atom. The lowest BCUT2D eigenvalue weighted by Gasteiger charge is -2.29. The van der Waals surface area contributed by atoms with Crippen molar-refractivity contribution >= 4 is 11.9 Å². The Kier molecular flexibility index (Phi) is 13.2. The molecule has 8 heteroatoms. The minimum atomic E-state index is -1.11. The second-order valence-electron chi connectivity index (χ2n) is 8.79. The van der Waals surface area contributed by atoms with Gasteiger partial charge in [-0.15, -0.1) is 0 Å². The molecule has 0 saturated carbocycles. The molecule has 0 spiro atoms. The third kappa shape index (κ3) is 9.24. The summed E-state index contributed by atoms with van der Waals surface area (Å²) >= 11 is 0. The van der Waals surface area contributed by atoms with Crippen LogP contribution in [0.2, 0.25) is 0 Å². The van der Waals surface area contributed by atoms with Crippen LogP contribution in [0.3, 0.4) is 0 Å². The van der Waals surface area contributed by atoms with Crippen LogP contribution in [0.15, 0.2) is 36.4 Å². The molecule has 0 aromatic heterocycles. The lowest BCUT2D eigenvalue weighted by molar-refractivity contribution is 0.0662. The van der Waals surface area contributed by atoms with E-state index in [0.29, 0.717) is 61.9 Å². The van der Waals surface area contributed by atoms with Crippen LogP contribution in [0, 0.1) is 23.7 Å². The molecule has 39 heavy (non-hydrogen) atoms. The van der Waals surface area contributed by atoms with Crippen molar-refractivity contribution in [1.82, 2.24) is 0 Å². The van der Waals surface area contributed by atoms with Crippen LogP contribution in [0.5, 0.6) is 0 Å². The quantitative estimate of drug-likeness (QED) is 0.273. The summed E-state index contributed by atoms with van der Waals surface area (Å²) in [4.78, 5) is 24.2. The van der Waals surface area contributed by atoms with E-state index in [1.807, 2.05) is 27.7 Å². The number of hydrogen-bond acceptors (Lipinski definition) is 6. The lowest BCUT2D eigenvalue weighted by Crippen LogP contribution is -2.24. The first kappa shape index (κ1) is 31.6. The van der Waals surface area contributed by atoms with Crippen LogP contribution in [0.4, 0.5) is 0 Å². The highest BCUT2D eigenvalue weighted by atomic mass is 16.5. The Labute approximate surface area is 230 Å². The molecular formula is C31H36O8. The summed E-state index contributed by atoms with van der Waals surface area (Å²) in [6.45, 7) is 10.6. The number of hydrogen-bond donors (Lipinski definition) is 2. The van der Waals surface area contributed by atoms with E-state index >= 15 is 0 Å². The average molecular weight is 537 g/mol. The first-order valence-electron chi connectivity index (χ1n) is 12.8. The van der Waals surface area contributed by atoms with Crippen molar-refractivity contribution in [2.45, 2.75) is 33.1 Å². The van der Waals surface area contributed by atoms with Crippen molar-refractivity contribution in [2.24, 2.45) is 0 Å². The van der Waals surface area contributed by atoms with E-state index in [0.717, 1.165) is 0 Å². The molecule has 0 unspecified atom stereocenters. The molecule has 0 atom stereocenters. The van der Waals surface area contributed by atoms with Crippen LogP contribution in [-0.2, 0) is 24.4 Å². The molecule has 0 aliphatic rings. The smallest absolute Gasteiger partial charge is 0.336 e. The summed E-state index contributed by atoms with van der Waals surface area (Å²) < 4.78 is 21.4. The topological polar surface area (TPSA) is 112 Å². The van der Waals surface area contributed by atoms with Crippen molar-refractivity contribution in [3.05, 3.63) is 69.8 Å². The fourth-order valence-electron chi connectivity index (χ4n) is 3.94. The zero-order valence-corrected chi connectivity index (χ0v) is 23.0. The van der Waals surface area contributed by atoms with E-state index in [4.69, 9.17) is 18.9 Å². The van der Waals surface area contributed by atoms with Gasteiger partial charge >= 0.3 is 11.9 Å². The number of ether oxygens (including phenoxy) is 4. The van der Waals surface area contributed by atoms with Crippen molar-refractivity contribution in [3.8, 4) is 23.7 Å². The molecule has 0 bridgehead atoms. The summed E-state index contributed by atoms with van der Waals surface area (Å²) in [7, 11) is 0. The zero-order valence-electron chi connectivity index (χ0n) is 23.0.